The van der Waals surface area contributed by atoms with Gasteiger partial charge in [-0.25, -0.2) is 0 Å². The molecule has 1 rings (SSSR count). The van der Waals surface area contributed by atoms with Gasteiger partial charge in [0.05, 0.1) is 6.04 Å². The summed E-state index contributed by atoms with van der Waals surface area (Å²) in [6.07, 6.45) is 0.596. The van der Waals surface area contributed by atoms with Crippen LogP contribution in [0.1, 0.15) is 18.4 Å². The maximum atomic E-state index is 12.7. The van der Waals surface area contributed by atoms with E-state index in [1.165, 1.54) is 12.1 Å². The smallest absolute Gasteiger partial charge is 0.322 e. The minimum absolute atomic E-state index is 0.0776. The van der Waals surface area contributed by atoms with Crippen LogP contribution in [0.15, 0.2) is 29.3 Å². The zero-order chi connectivity index (χ0) is 25.7. The Balaban J connectivity index is 2.76. The van der Waals surface area contributed by atoms with Gasteiger partial charge in [-0.1, -0.05) is 12.1 Å². The number of carboxylic acids is 1. The number of nitrogens with zero attached hydrogens (tertiary/aromatic N) is 1. The van der Waals surface area contributed by atoms with Crippen LogP contribution in [-0.4, -0.2) is 76.8 Å². The fourth-order valence-corrected chi connectivity index (χ4v) is 3.04. The zero-order valence-electron chi connectivity index (χ0n) is 18.4. The number of phenolic OH excluding ortho intramolecular Hbond substituents is 1. The lowest BCUT2D eigenvalue weighted by atomic mass is 10.1. The van der Waals surface area contributed by atoms with E-state index in [0.717, 1.165) is 0 Å². The normalized spacial score (nSPS) is 13.1. The van der Waals surface area contributed by atoms with Crippen LogP contribution < -0.4 is 33.2 Å². The van der Waals surface area contributed by atoms with Gasteiger partial charge in [0.2, 0.25) is 17.7 Å². The Hall–Kier alpha value is -3.52. The fraction of sp³-hybridized carbons (Fsp3) is 0.450. The first-order valence-corrected chi connectivity index (χ1v) is 11.0. The van der Waals surface area contributed by atoms with Crippen molar-refractivity contribution in [3.05, 3.63) is 29.8 Å². The number of aromatic hydroxyl groups is 1. The highest BCUT2D eigenvalue weighted by atomic mass is 32.1. The molecule has 0 bridgehead atoms. The van der Waals surface area contributed by atoms with Crippen LogP contribution in [0.4, 0.5) is 0 Å². The average Bonchev–Trinajstić information content (AvgIpc) is 2.78. The third-order valence-corrected chi connectivity index (χ3v) is 4.90. The lowest BCUT2D eigenvalue weighted by Crippen LogP contribution is -2.57. The molecular formula is C20H31N7O6S. The lowest BCUT2D eigenvalue weighted by Gasteiger charge is -2.23. The number of aliphatic imine (C=N–C) groups is 1. The Bertz CT molecular complexity index is 877. The Kier molecular flexibility index (Phi) is 12.2. The van der Waals surface area contributed by atoms with Crippen molar-refractivity contribution in [3.63, 3.8) is 0 Å². The van der Waals surface area contributed by atoms with Gasteiger partial charge in [0.15, 0.2) is 5.96 Å². The Morgan fingerprint density at radius 1 is 1.00 bits per heavy atom. The van der Waals surface area contributed by atoms with Gasteiger partial charge in [0, 0.05) is 12.3 Å². The largest absolute Gasteiger partial charge is 0.508 e. The van der Waals surface area contributed by atoms with Crippen molar-refractivity contribution in [1.82, 2.24) is 16.0 Å². The minimum Gasteiger partial charge on any atom is -0.508 e. The van der Waals surface area contributed by atoms with E-state index in [1.807, 2.05) is 0 Å². The monoisotopic (exact) mass is 497 g/mol. The second-order valence-electron chi connectivity index (χ2n) is 7.34. The molecule has 13 nitrogen and oxygen atoms in total. The molecule has 3 unspecified atom stereocenters. The average molecular weight is 498 g/mol. The van der Waals surface area contributed by atoms with E-state index in [9.17, 15) is 24.3 Å². The van der Waals surface area contributed by atoms with Crippen LogP contribution in [0.3, 0.4) is 0 Å². The first-order valence-electron chi connectivity index (χ1n) is 10.3. The van der Waals surface area contributed by atoms with Gasteiger partial charge in [0.25, 0.3) is 0 Å². The summed E-state index contributed by atoms with van der Waals surface area (Å²) in [4.78, 5) is 52.1. The van der Waals surface area contributed by atoms with Crippen LogP contribution in [-0.2, 0) is 25.6 Å². The summed E-state index contributed by atoms with van der Waals surface area (Å²) in [5, 5.41) is 25.3. The zero-order valence-corrected chi connectivity index (χ0v) is 19.3. The van der Waals surface area contributed by atoms with E-state index in [-0.39, 0.29) is 36.8 Å². The third kappa shape index (κ3) is 10.9. The summed E-state index contributed by atoms with van der Waals surface area (Å²) in [6, 6.07) is 3.00. The summed E-state index contributed by atoms with van der Waals surface area (Å²) >= 11 is 4.09. The quantitative estimate of drug-likeness (QED) is 0.0567. The molecule has 0 radical (unpaired) electrons. The standard InChI is InChI=1S/C20H31N7O6S/c21-13(8-11-3-5-12(28)6-4-11)17(31)27-15(10-34)19(33)26-14(2-1-7-24-20(22)23)18(32)25-9-16(29)30/h3-6,13-15,28,34H,1-2,7-10,21H2,(H,25,32)(H,26,33)(H,27,31)(H,29,30)(H4,22,23,24). The molecule has 0 aromatic heterocycles. The van der Waals surface area contributed by atoms with E-state index in [2.05, 4.69) is 33.6 Å². The lowest BCUT2D eigenvalue weighted by molar-refractivity contribution is -0.138. The molecule has 0 saturated carbocycles. The van der Waals surface area contributed by atoms with E-state index >= 15 is 0 Å². The van der Waals surface area contributed by atoms with Crippen LogP contribution >= 0.6 is 12.6 Å². The number of benzene rings is 1. The van der Waals surface area contributed by atoms with E-state index in [0.29, 0.717) is 12.0 Å². The maximum Gasteiger partial charge on any atom is 0.322 e. The molecule has 0 heterocycles. The van der Waals surface area contributed by atoms with Gasteiger partial charge >= 0.3 is 5.97 Å². The SMILES string of the molecule is NC(N)=NCCCC(NC(=O)C(CS)NC(=O)C(N)Cc1ccc(O)cc1)C(=O)NCC(=O)O. The molecule has 11 N–H and O–H groups in total. The van der Waals surface area contributed by atoms with Gasteiger partial charge in [-0.2, -0.15) is 12.6 Å². The number of nitrogens with two attached hydrogens (primary N) is 3. The number of carboxylic acid groups (broad SMARTS) is 1. The molecule has 0 aliphatic heterocycles. The van der Waals surface area contributed by atoms with Gasteiger partial charge in [0.1, 0.15) is 24.4 Å². The molecule has 3 amide bonds. The van der Waals surface area contributed by atoms with Crippen molar-refractivity contribution in [2.75, 3.05) is 18.8 Å². The molecule has 34 heavy (non-hydrogen) atoms. The highest BCUT2D eigenvalue weighted by molar-refractivity contribution is 7.80. The number of thiol groups is 1. The van der Waals surface area contributed by atoms with Crippen molar-refractivity contribution in [2.24, 2.45) is 22.2 Å². The number of nitrogens with one attached hydrogen (secondary N) is 3. The number of hydrogen-bond acceptors (Lipinski definition) is 8. The molecule has 0 aliphatic carbocycles. The van der Waals surface area contributed by atoms with Gasteiger partial charge in [-0.05, 0) is 37.0 Å². The van der Waals surface area contributed by atoms with E-state index < -0.39 is 48.4 Å². The third-order valence-electron chi connectivity index (χ3n) is 4.54. The summed E-state index contributed by atoms with van der Waals surface area (Å²) in [5.74, 6) is -3.40. The molecule has 188 valence electrons. The summed E-state index contributed by atoms with van der Waals surface area (Å²) < 4.78 is 0. The molecule has 3 atom stereocenters. The van der Waals surface area contributed by atoms with Crippen molar-refractivity contribution >= 4 is 42.3 Å². The Morgan fingerprint density at radius 3 is 2.18 bits per heavy atom. The number of carbonyl (C=O) groups is 4. The highest BCUT2D eigenvalue weighted by Crippen LogP contribution is 2.11. The molecule has 1 aromatic rings. The van der Waals surface area contributed by atoms with E-state index in [4.69, 9.17) is 22.3 Å². The van der Waals surface area contributed by atoms with Crippen molar-refractivity contribution in [2.45, 2.75) is 37.4 Å². The van der Waals surface area contributed by atoms with Crippen molar-refractivity contribution in [1.29, 1.82) is 0 Å². The molecule has 0 aliphatic rings. The highest BCUT2D eigenvalue weighted by Gasteiger charge is 2.27. The number of guanidine groups is 1. The number of carbonyl (C=O) groups excluding carboxylic acids is 3. The fourth-order valence-electron chi connectivity index (χ4n) is 2.78. The van der Waals surface area contributed by atoms with Crippen molar-refractivity contribution in [3.8, 4) is 5.75 Å². The summed E-state index contributed by atoms with van der Waals surface area (Å²) in [7, 11) is 0. The van der Waals surface area contributed by atoms with Crippen molar-refractivity contribution < 1.29 is 29.4 Å². The molecule has 14 heteroatoms. The summed E-state index contributed by atoms with van der Waals surface area (Å²) in [6.45, 7) is -0.433. The van der Waals surface area contributed by atoms with E-state index in [1.54, 1.807) is 12.1 Å². The number of rotatable bonds is 14. The summed E-state index contributed by atoms with van der Waals surface area (Å²) in [5.41, 5.74) is 17.2. The predicted molar refractivity (Wildman–Crippen MR) is 128 cm³/mol. The number of hydrogen-bond donors (Lipinski definition) is 9. The molecule has 0 fully saturated rings. The molecule has 0 spiro atoms. The van der Waals surface area contributed by atoms with Gasteiger partial charge in [-0.3, -0.25) is 24.2 Å². The first-order chi connectivity index (χ1) is 16.0. The van der Waals surface area contributed by atoms with Crippen LogP contribution in [0.5, 0.6) is 5.75 Å². The minimum atomic E-state index is -1.25. The molecular weight excluding hydrogens is 466 g/mol. The predicted octanol–water partition coefficient (Wildman–Crippen LogP) is -2.58. The molecule has 0 saturated heterocycles. The maximum absolute atomic E-state index is 12.7. The number of aliphatic carboxylic acids is 1. The number of phenols is 1. The number of amides is 3. The van der Waals surface area contributed by atoms with Crippen LogP contribution in [0.25, 0.3) is 0 Å². The Morgan fingerprint density at radius 2 is 1.62 bits per heavy atom. The Labute approximate surface area is 201 Å². The molecule has 1 aromatic carbocycles. The van der Waals surface area contributed by atoms with Crippen LogP contribution in [0.2, 0.25) is 0 Å². The van der Waals surface area contributed by atoms with Gasteiger partial charge in [-0.15, -0.1) is 0 Å². The van der Waals surface area contributed by atoms with Gasteiger partial charge < -0.3 is 43.4 Å². The second kappa shape index (κ2) is 14.6. The second-order valence-corrected chi connectivity index (χ2v) is 7.71. The van der Waals surface area contributed by atoms with Crippen LogP contribution in [0, 0.1) is 0 Å². The topological polar surface area (TPSA) is 235 Å². The first kappa shape index (κ1) is 28.5.